The minimum atomic E-state index is -0.788. The molecule has 0 spiro atoms. The second kappa shape index (κ2) is 5.95. The maximum Gasteiger partial charge on any atom is 0.308 e. The number of carboxylic acids is 1. The van der Waals surface area contributed by atoms with Crippen LogP contribution in [0.15, 0.2) is 0 Å². The Morgan fingerprint density at radius 1 is 1.39 bits per heavy atom. The highest BCUT2D eigenvalue weighted by Gasteiger charge is 2.35. The Kier molecular flexibility index (Phi) is 5.08. The third-order valence-corrected chi connectivity index (χ3v) is 4.51. The number of nitrogens with zero attached hydrogens (tertiary/aromatic N) is 1. The number of carbonyl (C=O) groups excluding carboxylic acids is 1. The molecule has 1 aliphatic heterocycles. The quantitative estimate of drug-likeness (QED) is 0.856. The highest BCUT2D eigenvalue weighted by Crippen LogP contribution is 2.27. The molecule has 4 nitrogen and oxygen atoms in total. The maximum atomic E-state index is 12.1. The van der Waals surface area contributed by atoms with Crippen LogP contribution in [-0.2, 0) is 9.59 Å². The molecule has 104 valence electrons. The monoisotopic (exact) mass is 273 g/mol. The lowest BCUT2D eigenvalue weighted by atomic mass is 9.90. The second-order valence-corrected chi connectivity index (χ2v) is 7.62. The van der Waals surface area contributed by atoms with Gasteiger partial charge in [-0.15, -0.1) is 11.8 Å². The van der Waals surface area contributed by atoms with E-state index in [2.05, 4.69) is 20.8 Å². The fourth-order valence-electron chi connectivity index (χ4n) is 2.19. The van der Waals surface area contributed by atoms with Crippen LogP contribution in [0.3, 0.4) is 0 Å². The summed E-state index contributed by atoms with van der Waals surface area (Å²) in [4.78, 5) is 25.0. The maximum absolute atomic E-state index is 12.1. The van der Waals surface area contributed by atoms with Gasteiger partial charge in [0.05, 0.1) is 11.7 Å². The van der Waals surface area contributed by atoms with Crippen molar-refractivity contribution in [1.82, 2.24) is 4.90 Å². The summed E-state index contributed by atoms with van der Waals surface area (Å²) in [7, 11) is 0. The van der Waals surface area contributed by atoms with Gasteiger partial charge in [-0.25, -0.2) is 0 Å². The number of thioether (sulfide) groups is 1. The van der Waals surface area contributed by atoms with Crippen molar-refractivity contribution in [2.75, 3.05) is 12.3 Å². The zero-order chi connectivity index (χ0) is 13.9. The Hall–Kier alpha value is -0.710. The Morgan fingerprint density at radius 2 is 2.00 bits per heavy atom. The predicted octanol–water partition coefficient (Wildman–Crippen LogP) is 2.23. The van der Waals surface area contributed by atoms with E-state index in [1.165, 1.54) is 0 Å². The summed E-state index contributed by atoms with van der Waals surface area (Å²) >= 11 is 1.61. The average molecular weight is 273 g/mol. The van der Waals surface area contributed by atoms with Gasteiger partial charge in [0.1, 0.15) is 0 Å². The molecule has 0 unspecified atom stereocenters. The number of aliphatic carboxylic acids is 1. The summed E-state index contributed by atoms with van der Waals surface area (Å²) in [5.74, 6) is -0.709. The SMILES string of the molecule is C[C@@H]1[C@H](C(=O)O)CCCN1C(=O)CSC(C)(C)C. The molecule has 0 aliphatic carbocycles. The molecule has 0 saturated carbocycles. The van der Waals surface area contributed by atoms with E-state index in [0.29, 0.717) is 18.7 Å². The first-order valence-electron chi connectivity index (χ1n) is 6.38. The van der Waals surface area contributed by atoms with E-state index in [1.807, 2.05) is 6.92 Å². The van der Waals surface area contributed by atoms with E-state index in [-0.39, 0.29) is 16.7 Å². The van der Waals surface area contributed by atoms with E-state index >= 15 is 0 Å². The summed E-state index contributed by atoms with van der Waals surface area (Å²) < 4.78 is 0.0564. The number of amides is 1. The molecule has 1 rings (SSSR count). The fourth-order valence-corrected chi connectivity index (χ4v) is 2.91. The third-order valence-electron chi connectivity index (χ3n) is 3.25. The number of piperidine rings is 1. The van der Waals surface area contributed by atoms with Gasteiger partial charge in [-0.3, -0.25) is 9.59 Å². The molecule has 0 aromatic carbocycles. The van der Waals surface area contributed by atoms with Gasteiger partial charge in [0.25, 0.3) is 0 Å². The van der Waals surface area contributed by atoms with E-state index in [9.17, 15) is 9.59 Å². The van der Waals surface area contributed by atoms with Crippen molar-refractivity contribution in [3.63, 3.8) is 0 Å². The molecule has 1 N–H and O–H groups in total. The third kappa shape index (κ3) is 4.19. The highest BCUT2D eigenvalue weighted by molar-refractivity contribution is 8.01. The Morgan fingerprint density at radius 3 is 2.50 bits per heavy atom. The lowest BCUT2D eigenvalue weighted by molar-refractivity contribution is -0.148. The smallest absolute Gasteiger partial charge is 0.308 e. The molecule has 0 radical (unpaired) electrons. The molecule has 5 heteroatoms. The van der Waals surface area contributed by atoms with Gasteiger partial charge in [-0.05, 0) is 19.8 Å². The zero-order valence-corrected chi connectivity index (χ0v) is 12.4. The summed E-state index contributed by atoms with van der Waals surface area (Å²) in [5, 5.41) is 9.12. The van der Waals surface area contributed by atoms with Gasteiger partial charge >= 0.3 is 5.97 Å². The molecule has 1 heterocycles. The average Bonchev–Trinajstić information content (AvgIpc) is 2.24. The molecule has 1 fully saturated rings. The summed E-state index contributed by atoms with van der Waals surface area (Å²) in [5.41, 5.74) is 0. The highest BCUT2D eigenvalue weighted by atomic mass is 32.2. The predicted molar refractivity (Wildman–Crippen MR) is 73.7 cm³/mol. The Bertz CT molecular complexity index is 325. The molecule has 0 bridgehead atoms. The van der Waals surface area contributed by atoms with E-state index in [4.69, 9.17) is 5.11 Å². The summed E-state index contributed by atoms with van der Waals surface area (Å²) in [6.45, 7) is 8.76. The Balaban J connectivity index is 2.59. The number of carbonyl (C=O) groups is 2. The minimum Gasteiger partial charge on any atom is -0.481 e. The first-order valence-corrected chi connectivity index (χ1v) is 7.37. The van der Waals surface area contributed by atoms with Crippen LogP contribution in [0.4, 0.5) is 0 Å². The lowest BCUT2D eigenvalue weighted by Gasteiger charge is -2.37. The van der Waals surface area contributed by atoms with Gasteiger partial charge in [0, 0.05) is 17.3 Å². The van der Waals surface area contributed by atoms with E-state index in [0.717, 1.165) is 6.42 Å². The van der Waals surface area contributed by atoms with Crippen LogP contribution in [0.2, 0.25) is 0 Å². The number of rotatable bonds is 3. The van der Waals surface area contributed by atoms with Crippen LogP contribution >= 0.6 is 11.8 Å². The van der Waals surface area contributed by atoms with Crippen molar-refractivity contribution < 1.29 is 14.7 Å². The number of carboxylic acid groups (broad SMARTS) is 1. The van der Waals surface area contributed by atoms with Gasteiger partial charge in [0.2, 0.25) is 5.91 Å². The molecule has 0 aromatic rings. The zero-order valence-electron chi connectivity index (χ0n) is 11.6. The minimum absolute atomic E-state index is 0.0564. The van der Waals surface area contributed by atoms with Gasteiger partial charge in [0.15, 0.2) is 0 Å². The molecular formula is C13H23NO3S. The van der Waals surface area contributed by atoms with Crippen LogP contribution in [0.25, 0.3) is 0 Å². The number of likely N-dealkylation sites (tertiary alicyclic amines) is 1. The molecule has 1 saturated heterocycles. The van der Waals surface area contributed by atoms with Crippen molar-refractivity contribution in [2.24, 2.45) is 5.92 Å². The van der Waals surface area contributed by atoms with Crippen LogP contribution < -0.4 is 0 Å². The number of hydrogen-bond donors (Lipinski definition) is 1. The number of hydrogen-bond acceptors (Lipinski definition) is 3. The summed E-state index contributed by atoms with van der Waals surface area (Å²) in [6.07, 6.45) is 1.46. The van der Waals surface area contributed by atoms with Crippen LogP contribution in [0, 0.1) is 5.92 Å². The van der Waals surface area contributed by atoms with Gasteiger partial charge in [-0.1, -0.05) is 20.8 Å². The van der Waals surface area contributed by atoms with Crippen molar-refractivity contribution in [1.29, 1.82) is 0 Å². The molecule has 0 aromatic heterocycles. The van der Waals surface area contributed by atoms with Crippen molar-refractivity contribution >= 4 is 23.6 Å². The molecule has 18 heavy (non-hydrogen) atoms. The van der Waals surface area contributed by atoms with Crippen molar-refractivity contribution in [3.05, 3.63) is 0 Å². The molecule has 1 amide bonds. The van der Waals surface area contributed by atoms with Gasteiger partial charge in [-0.2, -0.15) is 0 Å². The first-order chi connectivity index (χ1) is 8.22. The van der Waals surface area contributed by atoms with E-state index in [1.54, 1.807) is 16.7 Å². The Labute approximate surface area is 113 Å². The standard InChI is InChI=1S/C13H23NO3S/c1-9-10(12(16)17)6-5-7-14(9)11(15)8-18-13(2,3)4/h9-10H,5-8H2,1-4H3,(H,16,17)/t9-,10-/m1/s1. The van der Waals surface area contributed by atoms with Crippen LogP contribution in [0.5, 0.6) is 0 Å². The largest absolute Gasteiger partial charge is 0.481 e. The summed E-state index contributed by atoms with van der Waals surface area (Å²) in [6, 6.07) is -0.190. The normalized spacial score (nSPS) is 25.0. The van der Waals surface area contributed by atoms with Crippen LogP contribution in [-0.4, -0.2) is 45.0 Å². The van der Waals surface area contributed by atoms with Crippen molar-refractivity contribution in [3.8, 4) is 0 Å². The second-order valence-electron chi connectivity index (χ2n) is 5.82. The van der Waals surface area contributed by atoms with E-state index < -0.39 is 11.9 Å². The fraction of sp³-hybridized carbons (Fsp3) is 0.846. The molecule has 1 aliphatic rings. The topological polar surface area (TPSA) is 57.6 Å². The molecule has 2 atom stereocenters. The van der Waals surface area contributed by atoms with Gasteiger partial charge < -0.3 is 10.0 Å². The first kappa shape index (κ1) is 15.3. The lowest BCUT2D eigenvalue weighted by Crippen LogP contribution is -2.49. The van der Waals surface area contributed by atoms with Crippen LogP contribution in [0.1, 0.15) is 40.5 Å². The van der Waals surface area contributed by atoms with Crippen molar-refractivity contribution in [2.45, 2.75) is 51.3 Å². The molecular weight excluding hydrogens is 250 g/mol.